The molecule has 4 rings (SSSR count). The van der Waals surface area contributed by atoms with E-state index in [1.54, 1.807) is 18.2 Å². The summed E-state index contributed by atoms with van der Waals surface area (Å²) >= 11 is 0. The van der Waals surface area contributed by atoms with E-state index in [2.05, 4.69) is 5.32 Å². The van der Waals surface area contributed by atoms with Gasteiger partial charge in [0.2, 0.25) is 11.8 Å². The molecule has 0 aromatic heterocycles. The molecule has 0 saturated carbocycles. The molecular weight excluding hydrogens is 553 g/mol. The van der Waals surface area contributed by atoms with Crippen molar-refractivity contribution >= 4 is 27.5 Å². The molecule has 42 heavy (non-hydrogen) atoms. The maximum atomic E-state index is 15.1. The molecule has 1 unspecified atom stereocenters. The van der Waals surface area contributed by atoms with E-state index in [0.717, 1.165) is 21.5 Å². The predicted molar refractivity (Wildman–Crippen MR) is 162 cm³/mol. The Bertz CT molecular complexity index is 1570. The summed E-state index contributed by atoms with van der Waals surface area (Å²) in [6, 6.07) is 30.5. The molecule has 0 aliphatic heterocycles. The average Bonchev–Trinajstić information content (AvgIpc) is 3.02. The Balaban J connectivity index is 1.78. The summed E-state index contributed by atoms with van der Waals surface area (Å²) in [6.07, 6.45) is 0.910. The minimum Gasteiger partial charge on any atom is -0.354 e. The third-order valence-electron chi connectivity index (χ3n) is 6.75. The van der Waals surface area contributed by atoms with Crippen LogP contribution in [0, 0.1) is 5.82 Å². The van der Waals surface area contributed by atoms with Gasteiger partial charge in [0.15, 0.2) is 0 Å². The molecule has 0 spiro atoms. The lowest BCUT2D eigenvalue weighted by Crippen LogP contribution is -2.53. The van der Waals surface area contributed by atoms with Gasteiger partial charge in [-0.15, -0.1) is 0 Å². The Morgan fingerprint density at radius 3 is 1.93 bits per heavy atom. The van der Waals surface area contributed by atoms with E-state index >= 15 is 4.39 Å². The molecule has 0 aliphatic rings. The normalized spacial score (nSPS) is 11.9. The topological polar surface area (TPSA) is 86.8 Å². The summed E-state index contributed by atoms with van der Waals surface area (Å²) in [5.41, 5.74) is 1.34. The lowest BCUT2D eigenvalue weighted by molar-refractivity contribution is -0.140. The van der Waals surface area contributed by atoms with Gasteiger partial charge in [0.25, 0.3) is 10.0 Å². The molecule has 4 aromatic carbocycles. The smallest absolute Gasteiger partial charge is 0.264 e. The number of sulfonamides is 1. The first kappa shape index (κ1) is 30.5. The van der Waals surface area contributed by atoms with Crippen LogP contribution >= 0.6 is 0 Å². The first-order valence-corrected chi connectivity index (χ1v) is 15.2. The second-order valence-corrected chi connectivity index (χ2v) is 11.6. The van der Waals surface area contributed by atoms with E-state index in [1.165, 1.54) is 35.2 Å². The number of hydrogen-bond donors (Lipinski definition) is 1. The van der Waals surface area contributed by atoms with Gasteiger partial charge in [-0.2, -0.15) is 0 Å². The molecule has 4 aromatic rings. The summed E-state index contributed by atoms with van der Waals surface area (Å²) in [4.78, 5) is 29.1. The molecule has 1 N–H and O–H groups in total. The Labute approximate surface area is 246 Å². The van der Waals surface area contributed by atoms with Gasteiger partial charge in [-0.05, 0) is 41.8 Å². The third-order valence-corrected chi connectivity index (χ3v) is 8.52. The maximum Gasteiger partial charge on any atom is 0.264 e. The fourth-order valence-corrected chi connectivity index (χ4v) is 6.03. The number of benzene rings is 4. The summed E-state index contributed by atoms with van der Waals surface area (Å²) in [7, 11) is -4.35. The van der Waals surface area contributed by atoms with Crippen LogP contribution in [0.5, 0.6) is 0 Å². The zero-order chi connectivity index (χ0) is 30.0. The lowest BCUT2D eigenvalue weighted by atomic mass is 10.0. The van der Waals surface area contributed by atoms with E-state index in [1.807, 2.05) is 67.6 Å². The first-order valence-electron chi connectivity index (χ1n) is 13.8. The van der Waals surface area contributed by atoms with Gasteiger partial charge in [0.05, 0.1) is 10.6 Å². The molecule has 0 aliphatic carbocycles. The van der Waals surface area contributed by atoms with Crippen molar-refractivity contribution in [3.8, 4) is 0 Å². The Morgan fingerprint density at radius 1 is 0.786 bits per heavy atom. The molecule has 218 valence electrons. The maximum absolute atomic E-state index is 15.1. The number of nitrogens with one attached hydrogen (secondary N) is 1. The molecule has 0 fully saturated rings. The summed E-state index contributed by atoms with van der Waals surface area (Å²) in [6.45, 7) is 1.69. The van der Waals surface area contributed by atoms with Crippen molar-refractivity contribution in [2.45, 2.75) is 37.2 Å². The number of hydrogen-bond acceptors (Lipinski definition) is 4. The highest BCUT2D eigenvalue weighted by molar-refractivity contribution is 7.92. The third kappa shape index (κ3) is 7.61. The molecule has 9 heteroatoms. The average molecular weight is 588 g/mol. The quantitative estimate of drug-likeness (QED) is 0.233. The number of carbonyl (C=O) groups excluding carboxylic acids is 2. The van der Waals surface area contributed by atoms with Crippen LogP contribution < -0.4 is 9.62 Å². The van der Waals surface area contributed by atoms with E-state index in [9.17, 15) is 18.0 Å². The number of carbonyl (C=O) groups is 2. The molecule has 0 radical (unpaired) electrons. The van der Waals surface area contributed by atoms with Crippen molar-refractivity contribution in [1.82, 2.24) is 10.2 Å². The highest BCUT2D eigenvalue weighted by Crippen LogP contribution is 2.27. The molecule has 2 amide bonds. The van der Waals surface area contributed by atoms with Gasteiger partial charge in [-0.3, -0.25) is 13.9 Å². The highest BCUT2D eigenvalue weighted by Gasteiger charge is 2.35. The summed E-state index contributed by atoms with van der Waals surface area (Å²) in [5, 5.41) is 2.90. The Morgan fingerprint density at radius 2 is 1.33 bits per heavy atom. The summed E-state index contributed by atoms with van der Waals surface area (Å²) < 4.78 is 43.6. The van der Waals surface area contributed by atoms with Crippen LogP contribution in [-0.2, 0) is 32.6 Å². The van der Waals surface area contributed by atoms with Gasteiger partial charge in [0, 0.05) is 19.5 Å². The largest absolute Gasteiger partial charge is 0.354 e. The number of anilines is 1. The van der Waals surface area contributed by atoms with Crippen molar-refractivity contribution in [2.75, 3.05) is 17.4 Å². The Kier molecular flexibility index (Phi) is 10.4. The Hall–Kier alpha value is -4.50. The molecule has 7 nitrogen and oxygen atoms in total. The van der Waals surface area contributed by atoms with Crippen LogP contribution in [0.15, 0.2) is 120 Å². The van der Waals surface area contributed by atoms with E-state index in [4.69, 9.17) is 0 Å². The summed E-state index contributed by atoms with van der Waals surface area (Å²) in [5.74, 6) is -1.79. The molecule has 0 saturated heterocycles. The number of para-hydroxylation sites is 1. The lowest BCUT2D eigenvalue weighted by Gasteiger charge is -2.34. The predicted octanol–water partition coefficient (Wildman–Crippen LogP) is 5.19. The van der Waals surface area contributed by atoms with Crippen molar-refractivity contribution in [1.29, 1.82) is 0 Å². The van der Waals surface area contributed by atoms with Crippen molar-refractivity contribution in [3.05, 3.63) is 132 Å². The fraction of sp³-hybridized carbons (Fsp3) is 0.212. The van der Waals surface area contributed by atoms with Gasteiger partial charge in [0.1, 0.15) is 18.4 Å². The van der Waals surface area contributed by atoms with Crippen LogP contribution in [0.2, 0.25) is 0 Å². The van der Waals surface area contributed by atoms with Crippen LogP contribution in [0.25, 0.3) is 0 Å². The fourth-order valence-electron chi connectivity index (χ4n) is 4.59. The number of nitrogens with zero attached hydrogens (tertiary/aromatic N) is 2. The monoisotopic (exact) mass is 587 g/mol. The SMILES string of the molecule is CCCNC(=O)C(Cc1ccccc1)N(Cc1ccccc1)C(=O)CN(c1ccccc1F)S(=O)(=O)c1ccccc1. The molecule has 0 bridgehead atoms. The standard InChI is InChI=1S/C33H34FN3O4S/c1-2-22-35-33(39)31(23-26-14-6-3-7-15-26)36(24-27-16-8-4-9-17-27)32(38)25-37(30-21-13-12-20-29(30)34)42(40,41)28-18-10-5-11-19-28/h3-21,31H,2,22-25H2,1H3,(H,35,39). The van der Waals surface area contributed by atoms with Crippen LogP contribution in [0.4, 0.5) is 10.1 Å². The number of rotatable bonds is 13. The first-order chi connectivity index (χ1) is 20.3. The molecular formula is C33H34FN3O4S. The minimum atomic E-state index is -4.35. The molecule has 1 atom stereocenters. The second-order valence-electron chi connectivity index (χ2n) is 9.78. The van der Waals surface area contributed by atoms with E-state index < -0.39 is 34.3 Å². The van der Waals surface area contributed by atoms with Crippen molar-refractivity contribution in [2.24, 2.45) is 0 Å². The van der Waals surface area contributed by atoms with E-state index in [0.29, 0.717) is 13.0 Å². The van der Waals surface area contributed by atoms with Gasteiger partial charge in [-0.1, -0.05) is 97.9 Å². The van der Waals surface area contributed by atoms with Crippen LogP contribution in [0.3, 0.4) is 0 Å². The highest BCUT2D eigenvalue weighted by atomic mass is 32.2. The second kappa shape index (κ2) is 14.4. The molecule has 0 heterocycles. The minimum absolute atomic E-state index is 0.0488. The van der Waals surface area contributed by atoms with Crippen LogP contribution in [-0.4, -0.2) is 44.3 Å². The van der Waals surface area contributed by atoms with Gasteiger partial charge in [-0.25, -0.2) is 12.8 Å². The number of halogens is 1. The zero-order valence-corrected chi connectivity index (χ0v) is 24.2. The van der Waals surface area contributed by atoms with Crippen molar-refractivity contribution < 1.29 is 22.4 Å². The van der Waals surface area contributed by atoms with Crippen LogP contribution in [0.1, 0.15) is 24.5 Å². The number of amides is 2. The van der Waals surface area contributed by atoms with E-state index in [-0.39, 0.29) is 29.5 Å². The van der Waals surface area contributed by atoms with Crippen molar-refractivity contribution in [3.63, 3.8) is 0 Å². The zero-order valence-electron chi connectivity index (χ0n) is 23.4. The van der Waals surface area contributed by atoms with Gasteiger partial charge < -0.3 is 10.2 Å². The van der Waals surface area contributed by atoms with Gasteiger partial charge >= 0.3 is 0 Å².